The van der Waals surface area contributed by atoms with E-state index in [4.69, 9.17) is 0 Å². The highest BCUT2D eigenvalue weighted by Crippen LogP contribution is 2.18. The van der Waals surface area contributed by atoms with Gasteiger partial charge in [0.25, 0.3) is 5.91 Å². The number of thiophene rings is 1. The minimum atomic E-state index is -0.199. The van der Waals surface area contributed by atoms with Crippen LogP contribution in [0.3, 0.4) is 0 Å². The molecule has 0 radical (unpaired) electrons. The SMILES string of the molecule is C[C@@H](NC(=O)C1=NN(C)C(=O)CC1)c1cccs1. The van der Waals surface area contributed by atoms with Crippen LogP contribution in [0, 0.1) is 0 Å². The summed E-state index contributed by atoms with van der Waals surface area (Å²) in [6, 6.07) is 3.89. The molecule has 2 rings (SSSR count). The summed E-state index contributed by atoms with van der Waals surface area (Å²) in [5.41, 5.74) is 0.417. The van der Waals surface area contributed by atoms with Crippen LogP contribution in [0.5, 0.6) is 0 Å². The minimum Gasteiger partial charge on any atom is -0.344 e. The first-order valence-corrected chi connectivity index (χ1v) is 6.64. The highest BCUT2D eigenvalue weighted by molar-refractivity contribution is 7.10. The van der Waals surface area contributed by atoms with Crippen LogP contribution in [0.15, 0.2) is 22.6 Å². The average Bonchev–Trinajstić information content (AvgIpc) is 2.86. The van der Waals surface area contributed by atoms with Gasteiger partial charge in [-0.05, 0) is 18.4 Å². The van der Waals surface area contributed by atoms with Gasteiger partial charge < -0.3 is 5.32 Å². The van der Waals surface area contributed by atoms with E-state index in [2.05, 4.69) is 10.4 Å². The molecule has 0 aliphatic carbocycles. The lowest BCUT2D eigenvalue weighted by molar-refractivity contribution is -0.130. The Hall–Kier alpha value is -1.69. The Balaban J connectivity index is 2.00. The molecule has 0 saturated heterocycles. The summed E-state index contributed by atoms with van der Waals surface area (Å²) in [5, 5.41) is 10.1. The van der Waals surface area contributed by atoms with Gasteiger partial charge in [-0.25, -0.2) is 5.01 Å². The molecule has 1 aromatic rings. The fourth-order valence-corrected chi connectivity index (χ4v) is 2.46. The van der Waals surface area contributed by atoms with E-state index in [-0.39, 0.29) is 17.9 Å². The number of hydrazone groups is 1. The first-order chi connectivity index (χ1) is 8.58. The fourth-order valence-electron chi connectivity index (χ4n) is 1.72. The Morgan fingerprint density at radius 2 is 2.33 bits per heavy atom. The van der Waals surface area contributed by atoms with Crippen molar-refractivity contribution in [3.8, 4) is 0 Å². The van der Waals surface area contributed by atoms with E-state index in [1.54, 1.807) is 18.4 Å². The van der Waals surface area contributed by atoms with E-state index in [0.717, 1.165) is 4.88 Å². The van der Waals surface area contributed by atoms with Crippen molar-refractivity contribution < 1.29 is 9.59 Å². The van der Waals surface area contributed by atoms with E-state index < -0.39 is 0 Å². The van der Waals surface area contributed by atoms with Gasteiger partial charge in [0, 0.05) is 24.8 Å². The second kappa shape index (κ2) is 5.30. The zero-order valence-corrected chi connectivity index (χ0v) is 11.2. The van der Waals surface area contributed by atoms with Crippen molar-refractivity contribution >= 4 is 28.9 Å². The maximum absolute atomic E-state index is 12.0. The number of hydrogen-bond donors (Lipinski definition) is 1. The van der Waals surface area contributed by atoms with Crippen molar-refractivity contribution in [1.29, 1.82) is 0 Å². The van der Waals surface area contributed by atoms with E-state index in [1.165, 1.54) is 5.01 Å². The summed E-state index contributed by atoms with van der Waals surface area (Å²) in [7, 11) is 1.57. The zero-order chi connectivity index (χ0) is 13.1. The number of nitrogens with zero attached hydrogens (tertiary/aromatic N) is 2. The van der Waals surface area contributed by atoms with Gasteiger partial charge in [0.15, 0.2) is 0 Å². The molecule has 1 atom stereocenters. The largest absolute Gasteiger partial charge is 0.344 e. The maximum atomic E-state index is 12.0. The normalized spacial score (nSPS) is 17.3. The molecule has 0 bridgehead atoms. The summed E-state index contributed by atoms with van der Waals surface area (Å²) in [4.78, 5) is 24.3. The van der Waals surface area contributed by atoms with E-state index >= 15 is 0 Å². The smallest absolute Gasteiger partial charge is 0.268 e. The monoisotopic (exact) mass is 265 g/mol. The molecule has 1 aromatic heterocycles. The predicted octanol–water partition coefficient (Wildman–Crippen LogP) is 1.53. The van der Waals surface area contributed by atoms with Crippen LogP contribution in [-0.2, 0) is 9.59 Å². The highest BCUT2D eigenvalue weighted by atomic mass is 32.1. The van der Waals surface area contributed by atoms with Crippen LogP contribution in [-0.4, -0.2) is 29.6 Å². The number of carbonyl (C=O) groups is 2. The van der Waals surface area contributed by atoms with Crippen LogP contribution in [0.2, 0.25) is 0 Å². The van der Waals surface area contributed by atoms with Gasteiger partial charge in [0.05, 0.1) is 6.04 Å². The molecular weight excluding hydrogens is 250 g/mol. The van der Waals surface area contributed by atoms with Crippen molar-refractivity contribution in [2.45, 2.75) is 25.8 Å². The van der Waals surface area contributed by atoms with Crippen LogP contribution < -0.4 is 5.32 Å². The van der Waals surface area contributed by atoms with Crippen LogP contribution in [0.4, 0.5) is 0 Å². The third-order valence-electron chi connectivity index (χ3n) is 2.79. The molecule has 0 fully saturated rings. The van der Waals surface area contributed by atoms with Gasteiger partial charge in [-0.3, -0.25) is 9.59 Å². The van der Waals surface area contributed by atoms with E-state index in [0.29, 0.717) is 18.6 Å². The molecule has 6 heteroatoms. The summed E-state index contributed by atoms with van der Waals surface area (Å²) in [6.07, 6.45) is 0.752. The lowest BCUT2D eigenvalue weighted by atomic mass is 10.1. The molecule has 2 heterocycles. The lowest BCUT2D eigenvalue weighted by Gasteiger charge is -2.20. The first kappa shape index (κ1) is 12.8. The van der Waals surface area contributed by atoms with Crippen LogP contribution in [0.25, 0.3) is 0 Å². The average molecular weight is 265 g/mol. The Morgan fingerprint density at radius 3 is 2.94 bits per heavy atom. The number of rotatable bonds is 3. The second-order valence-electron chi connectivity index (χ2n) is 4.17. The van der Waals surface area contributed by atoms with Gasteiger partial charge in [-0.15, -0.1) is 11.3 Å². The number of hydrogen-bond acceptors (Lipinski definition) is 4. The van der Waals surface area contributed by atoms with E-state index in [1.807, 2.05) is 24.4 Å². The Bertz CT molecular complexity index is 482. The van der Waals surface area contributed by atoms with E-state index in [9.17, 15) is 9.59 Å². The summed E-state index contributed by atoms with van der Waals surface area (Å²) in [5.74, 6) is -0.256. The predicted molar refractivity (Wildman–Crippen MR) is 70.3 cm³/mol. The quantitative estimate of drug-likeness (QED) is 0.901. The molecular formula is C12H15N3O2S. The zero-order valence-electron chi connectivity index (χ0n) is 10.3. The van der Waals surface area contributed by atoms with Gasteiger partial charge in [-0.1, -0.05) is 6.07 Å². The fraction of sp³-hybridized carbons (Fsp3) is 0.417. The third kappa shape index (κ3) is 2.76. The van der Waals surface area contributed by atoms with Gasteiger partial charge in [0.1, 0.15) is 5.71 Å². The van der Waals surface area contributed by atoms with Crippen molar-refractivity contribution in [1.82, 2.24) is 10.3 Å². The molecule has 0 unspecified atom stereocenters. The molecule has 18 heavy (non-hydrogen) atoms. The molecule has 2 amide bonds. The molecule has 1 aliphatic heterocycles. The van der Waals surface area contributed by atoms with Crippen molar-refractivity contribution in [2.75, 3.05) is 7.05 Å². The van der Waals surface area contributed by atoms with Crippen LogP contribution in [0.1, 0.15) is 30.7 Å². The number of carbonyl (C=O) groups excluding carboxylic acids is 2. The number of amides is 2. The Kier molecular flexibility index (Phi) is 3.76. The van der Waals surface area contributed by atoms with Crippen molar-refractivity contribution in [3.05, 3.63) is 22.4 Å². The molecule has 96 valence electrons. The standard InChI is InChI=1S/C12H15N3O2S/c1-8(10-4-3-7-18-10)13-12(17)9-5-6-11(16)15(2)14-9/h3-4,7-8H,5-6H2,1-2H3,(H,13,17)/t8-/m1/s1. The molecule has 1 aliphatic rings. The number of nitrogens with one attached hydrogen (secondary N) is 1. The molecule has 0 aromatic carbocycles. The first-order valence-electron chi connectivity index (χ1n) is 5.76. The summed E-state index contributed by atoms with van der Waals surface area (Å²) < 4.78 is 0. The minimum absolute atomic E-state index is 0.0388. The Labute approximate surface area is 109 Å². The van der Waals surface area contributed by atoms with Gasteiger partial charge >= 0.3 is 0 Å². The topological polar surface area (TPSA) is 61.8 Å². The highest BCUT2D eigenvalue weighted by Gasteiger charge is 2.23. The van der Waals surface area contributed by atoms with Gasteiger partial charge in [0.2, 0.25) is 5.91 Å². The molecule has 0 spiro atoms. The summed E-state index contributed by atoms with van der Waals surface area (Å²) in [6.45, 7) is 1.93. The van der Waals surface area contributed by atoms with Crippen molar-refractivity contribution in [2.24, 2.45) is 5.10 Å². The maximum Gasteiger partial charge on any atom is 0.268 e. The van der Waals surface area contributed by atoms with Gasteiger partial charge in [-0.2, -0.15) is 5.10 Å². The van der Waals surface area contributed by atoms with Crippen molar-refractivity contribution in [3.63, 3.8) is 0 Å². The molecule has 0 saturated carbocycles. The summed E-state index contributed by atoms with van der Waals surface area (Å²) >= 11 is 1.60. The molecule has 1 N–H and O–H groups in total. The lowest BCUT2D eigenvalue weighted by Crippen LogP contribution is -2.38. The third-order valence-corrected chi connectivity index (χ3v) is 3.84. The second-order valence-corrected chi connectivity index (χ2v) is 5.15. The van der Waals surface area contributed by atoms with Crippen LogP contribution >= 0.6 is 11.3 Å². The Morgan fingerprint density at radius 1 is 1.56 bits per heavy atom. The molecule has 5 nitrogen and oxygen atoms in total.